The second-order valence-electron chi connectivity index (χ2n) is 4.29. The van der Waals surface area contributed by atoms with E-state index in [1.807, 2.05) is 18.4 Å². The molecule has 0 fully saturated rings. The van der Waals surface area contributed by atoms with Gasteiger partial charge in [0.2, 0.25) is 10.0 Å². The van der Waals surface area contributed by atoms with Gasteiger partial charge >= 0.3 is 0 Å². The van der Waals surface area contributed by atoms with E-state index in [0.717, 1.165) is 5.69 Å². The van der Waals surface area contributed by atoms with Gasteiger partial charge < -0.3 is 10.3 Å². The molecule has 5 nitrogen and oxygen atoms in total. The first-order valence-electron chi connectivity index (χ1n) is 5.71. The standard InChI is InChI=1S/C11H21N3O2S/c1-5-13(4)17(15,16)11-6-10(7-12)14(8-11)9(2)3/h6,8-9H,5,7,12H2,1-4H3. The maximum atomic E-state index is 12.1. The Bertz CT molecular complexity index is 477. The van der Waals surface area contributed by atoms with E-state index < -0.39 is 10.0 Å². The summed E-state index contributed by atoms with van der Waals surface area (Å²) in [6, 6.07) is 1.85. The fraction of sp³-hybridized carbons (Fsp3) is 0.636. The number of hydrogen-bond acceptors (Lipinski definition) is 3. The van der Waals surface area contributed by atoms with Crippen LogP contribution >= 0.6 is 0 Å². The van der Waals surface area contributed by atoms with Crippen molar-refractivity contribution < 1.29 is 8.42 Å². The van der Waals surface area contributed by atoms with Crippen molar-refractivity contribution >= 4 is 10.0 Å². The summed E-state index contributed by atoms with van der Waals surface area (Å²) in [6.45, 7) is 6.59. The molecule has 0 saturated carbocycles. The third kappa shape index (κ3) is 2.70. The van der Waals surface area contributed by atoms with Crippen molar-refractivity contribution in [2.75, 3.05) is 13.6 Å². The highest BCUT2D eigenvalue weighted by molar-refractivity contribution is 7.89. The van der Waals surface area contributed by atoms with Gasteiger partial charge in [-0.15, -0.1) is 0 Å². The van der Waals surface area contributed by atoms with E-state index in [1.54, 1.807) is 26.2 Å². The van der Waals surface area contributed by atoms with Crippen LogP contribution in [-0.4, -0.2) is 30.9 Å². The van der Waals surface area contributed by atoms with Crippen LogP contribution in [0.3, 0.4) is 0 Å². The van der Waals surface area contributed by atoms with E-state index in [0.29, 0.717) is 18.0 Å². The first-order valence-corrected chi connectivity index (χ1v) is 7.15. The van der Waals surface area contributed by atoms with Crippen LogP contribution in [0.4, 0.5) is 0 Å². The molecular weight excluding hydrogens is 238 g/mol. The second kappa shape index (κ2) is 5.20. The lowest BCUT2D eigenvalue weighted by Crippen LogP contribution is -2.26. The molecule has 0 radical (unpaired) electrons. The number of rotatable bonds is 5. The summed E-state index contributed by atoms with van der Waals surface area (Å²) in [5.74, 6) is 0. The Hall–Kier alpha value is -0.850. The topological polar surface area (TPSA) is 68.3 Å². The number of aromatic nitrogens is 1. The third-order valence-corrected chi connectivity index (χ3v) is 4.72. The highest BCUT2D eigenvalue weighted by Gasteiger charge is 2.22. The van der Waals surface area contributed by atoms with Crippen LogP contribution in [0.2, 0.25) is 0 Å². The van der Waals surface area contributed by atoms with Gasteiger partial charge in [0.1, 0.15) is 4.90 Å². The Balaban J connectivity index is 3.25. The highest BCUT2D eigenvalue weighted by Crippen LogP contribution is 2.21. The molecule has 1 rings (SSSR count). The summed E-state index contributed by atoms with van der Waals surface area (Å²) in [6.07, 6.45) is 1.66. The summed E-state index contributed by atoms with van der Waals surface area (Å²) in [5, 5.41) is 0. The van der Waals surface area contributed by atoms with Crippen molar-refractivity contribution in [3.8, 4) is 0 Å². The lowest BCUT2D eigenvalue weighted by atomic mass is 10.3. The number of nitrogens with zero attached hydrogens (tertiary/aromatic N) is 2. The van der Waals surface area contributed by atoms with Crippen molar-refractivity contribution in [3.05, 3.63) is 18.0 Å². The fourth-order valence-electron chi connectivity index (χ4n) is 1.63. The molecule has 0 atom stereocenters. The molecule has 0 aliphatic carbocycles. The van der Waals surface area contributed by atoms with Crippen LogP contribution in [0.15, 0.2) is 17.2 Å². The molecule has 1 heterocycles. The third-order valence-electron chi connectivity index (χ3n) is 2.83. The van der Waals surface area contributed by atoms with Gasteiger partial charge in [-0.1, -0.05) is 6.92 Å². The second-order valence-corrected chi connectivity index (χ2v) is 6.34. The van der Waals surface area contributed by atoms with Gasteiger partial charge in [0.15, 0.2) is 0 Å². The molecule has 0 aromatic carbocycles. The van der Waals surface area contributed by atoms with Crippen LogP contribution in [0.1, 0.15) is 32.5 Å². The van der Waals surface area contributed by atoms with E-state index in [9.17, 15) is 8.42 Å². The molecule has 0 aliphatic rings. The summed E-state index contributed by atoms with van der Waals surface area (Å²) >= 11 is 0. The lowest BCUT2D eigenvalue weighted by molar-refractivity contribution is 0.485. The number of sulfonamides is 1. The van der Waals surface area contributed by atoms with Gasteiger partial charge in [-0.05, 0) is 19.9 Å². The molecule has 98 valence electrons. The van der Waals surface area contributed by atoms with Crippen molar-refractivity contribution in [3.63, 3.8) is 0 Å². The molecule has 1 aromatic heterocycles. The largest absolute Gasteiger partial charge is 0.346 e. The molecule has 0 bridgehead atoms. The van der Waals surface area contributed by atoms with Crippen LogP contribution in [0.25, 0.3) is 0 Å². The van der Waals surface area contributed by atoms with Gasteiger partial charge in [0.05, 0.1) is 0 Å². The molecule has 1 aromatic rings. The van der Waals surface area contributed by atoms with Gasteiger partial charge in [0.25, 0.3) is 0 Å². The summed E-state index contributed by atoms with van der Waals surface area (Å²) in [5.41, 5.74) is 6.46. The number of hydrogen-bond donors (Lipinski definition) is 1. The zero-order valence-electron chi connectivity index (χ0n) is 10.8. The van der Waals surface area contributed by atoms with Gasteiger partial charge in [0, 0.05) is 38.1 Å². The molecule has 0 amide bonds. The Labute approximate surface area is 103 Å². The van der Waals surface area contributed by atoms with Crippen molar-refractivity contribution in [2.24, 2.45) is 5.73 Å². The maximum Gasteiger partial charge on any atom is 0.244 e. The monoisotopic (exact) mass is 259 g/mol. The zero-order chi connectivity index (χ0) is 13.2. The van der Waals surface area contributed by atoms with E-state index in [-0.39, 0.29) is 6.04 Å². The van der Waals surface area contributed by atoms with Gasteiger partial charge in [-0.3, -0.25) is 0 Å². The quantitative estimate of drug-likeness (QED) is 0.863. The fourth-order valence-corrected chi connectivity index (χ4v) is 2.86. The number of nitrogens with two attached hydrogens (primary N) is 1. The normalized spacial score (nSPS) is 12.6. The van der Waals surface area contributed by atoms with Crippen LogP contribution in [0, 0.1) is 0 Å². The minimum Gasteiger partial charge on any atom is -0.346 e. The average Bonchev–Trinajstić information content (AvgIpc) is 2.72. The maximum absolute atomic E-state index is 12.1. The molecule has 0 aliphatic heterocycles. The molecule has 6 heteroatoms. The van der Waals surface area contributed by atoms with E-state index in [1.165, 1.54) is 4.31 Å². The zero-order valence-corrected chi connectivity index (χ0v) is 11.7. The summed E-state index contributed by atoms with van der Waals surface area (Å²) in [7, 11) is -1.80. The lowest BCUT2D eigenvalue weighted by Gasteiger charge is -2.13. The predicted molar refractivity (Wildman–Crippen MR) is 68.2 cm³/mol. The SMILES string of the molecule is CCN(C)S(=O)(=O)c1cc(CN)n(C(C)C)c1. The van der Waals surface area contributed by atoms with Crippen LogP contribution in [-0.2, 0) is 16.6 Å². The molecule has 0 spiro atoms. The van der Waals surface area contributed by atoms with Crippen molar-refractivity contribution in [2.45, 2.75) is 38.3 Å². The minimum atomic E-state index is -3.38. The summed E-state index contributed by atoms with van der Waals surface area (Å²) in [4.78, 5) is 0.316. The van der Waals surface area contributed by atoms with Crippen LogP contribution in [0.5, 0.6) is 0 Å². The van der Waals surface area contributed by atoms with E-state index in [2.05, 4.69) is 0 Å². The van der Waals surface area contributed by atoms with Gasteiger partial charge in [-0.2, -0.15) is 0 Å². The molecule has 17 heavy (non-hydrogen) atoms. The molecule has 0 saturated heterocycles. The minimum absolute atomic E-state index is 0.199. The molecule has 2 N–H and O–H groups in total. The predicted octanol–water partition coefficient (Wildman–Crippen LogP) is 1.17. The van der Waals surface area contributed by atoms with Gasteiger partial charge in [-0.25, -0.2) is 12.7 Å². The van der Waals surface area contributed by atoms with Crippen molar-refractivity contribution in [1.29, 1.82) is 0 Å². The smallest absolute Gasteiger partial charge is 0.244 e. The molecule has 0 unspecified atom stereocenters. The molecular formula is C11H21N3O2S. The summed E-state index contributed by atoms with van der Waals surface area (Å²) < 4.78 is 27.5. The Morgan fingerprint density at radius 1 is 1.47 bits per heavy atom. The van der Waals surface area contributed by atoms with E-state index in [4.69, 9.17) is 5.73 Å². The first-order chi connectivity index (χ1) is 7.84. The van der Waals surface area contributed by atoms with Crippen molar-refractivity contribution in [1.82, 2.24) is 8.87 Å². The first kappa shape index (κ1) is 14.2. The average molecular weight is 259 g/mol. The van der Waals surface area contributed by atoms with Crippen LogP contribution < -0.4 is 5.73 Å². The van der Waals surface area contributed by atoms with E-state index >= 15 is 0 Å². The highest BCUT2D eigenvalue weighted by atomic mass is 32.2. The Morgan fingerprint density at radius 2 is 2.06 bits per heavy atom. The Morgan fingerprint density at radius 3 is 2.41 bits per heavy atom. The Kier molecular flexibility index (Phi) is 4.35.